The Morgan fingerprint density at radius 3 is 2.38 bits per heavy atom. The predicted octanol–water partition coefficient (Wildman–Crippen LogP) is 3.94. The summed E-state index contributed by atoms with van der Waals surface area (Å²) in [6.07, 6.45) is 2.01. The first kappa shape index (κ1) is 11.4. The predicted molar refractivity (Wildman–Crippen MR) is 69.2 cm³/mol. The van der Waals surface area contributed by atoms with Crippen LogP contribution in [0.1, 0.15) is 5.69 Å². The molecule has 0 aliphatic heterocycles. The molecule has 0 saturated carbocycles. The van der Waals surface area contributed by atoms with Gasteiger partial charge in [0, 0.05) is 18.9 Å². The standard InChI is InChI=1S/C12H12Cl2N2/c1-16-7-3-4-9(16)8-15-12-10(13)5-2-6-11(12)14/h2-7,15H,8H2,1H3. The van der Waals surface area contributed by atoms with Crippen LogP contribution in [0.4, 0.5) is 5.69 Å². The molecule has 0 bridgehead atoms. The Labute approximate surface area is 105 Å². The van der Waals surface area contributed by atoms with Crippen LogP contribution in [-0.2, 0) is 13.6 Å². The van der Waals surface area contributed by atoms with Crippen LogP contribution in [0.5, 0.6) is 0 Å². The van der Waals surface area contributed by atoms with Crippen LogP contribution in [0.15, 0.2) is 36.5 Å². The van der Waals surface area contributed by atoms with Crippen molar-refractivity contribution < 1.29 is 0 Å². The van der Waals surface area contributed by atoms with Crippen molar-refractivity contribution in [2.75, 3.05) is 5.32 Å². The highest BCUT2D eigenvalue weighted by atomic mass is 35.5. The van der Waals surface area contributed by atoms with Gasteiger partial charge in [-0.05, 0) is 24.3 Å². The Bertz CT molecular complexity index is 471. The first-order valence-electron chi connectivity index (χ1n) is 4.96. The van der Waals surface area contributed by atoms with E-state index in [1.807, 2.05) is 37.5 Å². The second kappa shape index (κ2) is 4.81. The third-order valence-electron chi connectivity index (χ3n) is 2.46. The molecule has 2 aromatic rings. The van der Waals surface area contributed by atoms with Crippen molar-refractivity contribution >= 4 is 28.9 Å². The van der Waals surface area contributed by atoms with E-state index in [1.165, 1.54) is 5.69 Å². The zero-order valence-corrected chi connectivity index (χ0v) is 10.4. The Hall–Kier alpha value is -1.12. The molecule has 1 N–H and O–H groups in total. The number of aryl methyl sites for hydroxylation is 1. The Morgan fingerprint density at radius 1 is 1.12 bits per heavy atom. The third kappa shape index (κ3) is 2.34. The van der Waals surface area contributed by atoms with Crippen molar-refractivity contribution in [2.24, 2.45) is 7.05 Å². The van der Waals surface area contributed by atoms with Gasteiger partial charge in [-0.25, -0.2) is 0 Å². The van der Waals surface area contributed by atoms with Crippen LogP contribution in [0.3, 0.4) is 0 Å². The molecule has 2 nitrogen and oxygen atoms in total. The molecule has 0 saturated heterocycles. The fourth-order valence-electron chi connectivity index (χ4n) is 1.53. The molecule has 0 aliphatic rings. The molecule has 0 spiro atoms. The number of anilines is 1. The van der Waals surface area contributed by atoms with Crippen molar-refractivity contribution in [3.63, 3.8) is 0 Å². The molecule has 1 aromatic heterocycles. The SMILES string of the molecule is Cn1cccc1CNc1c(Cl)cccc1Cl. The summed E-state index contributed by atoms with van der Waals surface area (Å²) in [6, 6.07) is 9.53. The molecule has 2 rings (SSSR count). The number of aromatic nitrogens is 1. The fourth-order valence-corrected chi connectivity index (χ4v) is 2.06. The summed E-state index contributed by atoms with van der Waals surface area (Å²) in [5.41, 5.74) is 1.96. The smallest absolute Gasteiger partial charge is 0.0722 e. The van der Waals surface area contributed by atoms with Gasteiger partial charge < -0.3 is 9.88 Å². The van der Waals surface area contributed by atoms with E-state index < -0.39 is 0 Å². The Morgan fingerprint density at radius 2 is 1.81 bits per heavy atom. The number of para-hydroxylation sites is 1. The Balaban J connectivity index is 2.14. The fraction of sp³-hybridized carbons (Fsp3) is 0.167. The molecule has 1 heterocycles. The highest BCUT2D eigenvalue weighted by molar-refractivity contribution is 6.39. The Kier molecular flexibility index (Phi) is 3.42. The van der Waals surface area contributed by atoms with Crippen LogP contribution in [0.25, 0.3) is 0 Å². The van der Waals surface area contributed by atoms with E-state index >= 15 is 0 Å². The zero-order chi connectivity index (χ0) is 11.5. The molecule has 0 radical (unpaired) electrons. The topological polar surface area (TPSA) is 17.0 Å². The van der Waals surface area contributed by atoms with E-state index in [0.717, 1.165) is 5.69 Å². The molecule has 16 heavy (non-hydrogen) atoms. The average molecular weight is 255 g/mol. The second-order valence-corrected chi connectivity index (χ2v) is 4.38. The summed E-state index contributed by atoms with van der Waals surface area (Å²) in [6.45, 7) is 0.701. The molecule has 84 valence electrons. The number of rotatable bonds is 3. The maximum absolute atomic E-state index is 6.06. The lowest BCUT2D eigenvalue weighted by Gasteiger charge is -2.10. The van der Waals surface area contributed by atoms with Gasteiger partial charge in [0.05, 0.1) is 22.3 Å². The molecule has 0 aliphatic carbocycles. The third-order valence-corrected chi connectivity index (χ3v) is 3.09. The van der Waals surface area contributed by atoms with Crippen molar-refractivity contribution in [3.05, 3.63) is 52.3 Å². The molecule has 0 fully saturated rings. The highest BCUT2D eigenvalue weighted by Crippen LogP contribution is 2.30. The molecule has 0 amide bonds. The number of nitrogens with zero attached hydrogens (tertiary/aromatic N) is 1. The summed E-state index contributed by atoms with van der Waals surface area (Å²) in [4.78, 5) is 0. The summed E-state index contributed by atoms with van der Waals surface area (Å²) in [7, 11) is 2.01. The zero-order valence-electron chi connectivity index (χ0n) is 8.87. The maximum atomic E-state index is 6.06. The van der Waals surface area contributed by atoms with Gasteiger partial charge in [0.2, 0.25) is 0 Å². The highest BCUT2D eigenvalue weighted by Gasteiger charge is 2.05. The minimum atomic E-state index is 0.640. The number of nitrogens with one attached hydrogen (secondary N) is 1. The number of hydrogen-bond acceptors (Lipinski definition) is 1. The number of hydrogen-bond donors (Lipinski definition) is 1. The van der Waals surface area contributed by atoms with Gasteiger partial charge >= 0.3 is 0 Å². The van der Waals surface area contributed by atoms with Crippen molar-refractivity contribution in [3.8, 4) is 0 Å². The van der Waals surface area contributed by atoms with Gasteiger partial charge in [-0.3, -0.25) is 0 Å². The molecule has 1 aromatic carbocycles. The van der Waals surface area contributed by atoms with Crippen LogP contribution in [0.2, 0.25) is 10.0 Å². The van der Waals surface area contributed by atoms with Gasteiger partial charge in [0.25, 0.3) is 0 Å². The quantitative estimate of drug-likeness (QED) is 0.878. The van der Waals surface area contributed by atoms with E-state index in [9.17, 15) is 0 Å². The van der Waals surface area contributed by atoms with E-state index in [-0.39, 0.29) is 0 Å². The minimum absolute atomic E-state index is 0.640. The lowest BCUT2D eigenvalue weighted by Crippen LogP contribution is -2.04. The number of halogens is 2. The number of benzene rings is 1. The van der Waals surface area contributed by atoms with Gasteiger partial charge in [0.15, 0.2) is 0 Å². The monoisotopic (exact) mass is 254 g/mol. The lowest BCUT2D eigenvalue weighted by molar-refractivity contribution is 0.842. The summed E-state index contributed by atoms with van der Waals surface area (Å²) in [5, 5.41) is 4.52. The van der Waals surface area contributed by atoms with E-state index in [1.54, 1.807) is 0 Å². The molecule has 0 atom stereocenters. The van der Waals surface area contributed by atoms with Gasteiger partial charge in [-0.1, -0.05) is 29.3 Å². The average Bonchev–Trinajstić information content (AvgIpc) is 2.64. The first-order valence-corrected chi connectivity index (χ1v) is 5.72. The second-order valence-electron chi connectivity index (χ2n) is 3.56. The molecule has 0 unspecified atom stereocenters. The van der Waals surface area contributed by atoms with Crippen molar-refractivity contribution in [2.45, 2.75) is 6.54 Å². The van der Waals surface area contributed by atoms with Crippen molar-refractivity contribution in [1.82, 2.24) is 4.57 Å². The van der Waals surface area contributed by atoms with Gasteiger partial charge in [-0.15, -0.1) is 0 Å². The molecular formula is C12H12Cl2N2. The minimum Gasteiger partial charge on any atom is -0.377 e. The molecular weight excluding hydrogens is 243 g/mol. The van der Waals surface area contributed by atoms with Crippen molar-refractivity contribution in [1.29, 1.82) is 0 Å². The van der Waals surface area contributed by atoms with E-state index in [0.29, 0.717) is 16.6 Å². The van der Waals surface area contributed by atoms with Crippen LogP contribution in [-0.4, -0.2) is 4.57 Å². The van der Waals surface area contributed by atoms with Gasteiger partial charge in [0.1, 0.15) is 0 Å². The van der Waals surface area contributed by atoms with E-state index in [4.69, 9.17) is 23.2 Å². The largest absolute Gasteiger partial charge is 0.377 e. The first-order chi connectivity index (χ1) is 7.68. The lowest BCUT2D eigenvalue weighted by atomic mass is 10.3. The summed E-state index contributed by atoms with van der Waals surface area (Å²) < 4.78 is 2.05. The van der Waals surface area contributed by atoms with E-state index in [2.05, 4.69) is 16.0 Å². The summed E-state index contributed by atoms with van der Waals surface area (Å²) >= 11 is 12.1. The normalized spacial score (nSPS) is 10.4. The van der Waals surface area contributed by atoms with Crippen LogP contribution < -0.4 is 5.32 Å². The van der Waals surface area contributed by atoms with Crippen LogP contribution in [0, 0.1) is 0 Å². The van der Waals surface area contributed by atoms with Gasteiger partial charge in [-0.2, -0.15) is 0 Å². The van der Waals surface area contributed by atoms with Crippen LogP contribution >= 0.6 is 23.2 Å². The maximum Gasteiger partial charge on any atom is 0.0722 e. The molecule has 4 heteroatoms. The summed E-state index contributed by atoms with van der Waals surface area (Å²) in [5.74, 6) is 0.